The van der Waals surface area contributed by atoms with Gasteiger partial charge in [0.1, 0.15) is 11.6 Å². The molecular formula is C14H12F2N2O2. The van der Waals surface area contributed by atoms with Crippen molar-refractivity contribution < 1.29 is 18.3 Å². The Bertz CT molecular complexity index is 632. The summed E-state index contributed by atoms with van der Waals surface area (Å²) in [7, 11) is 0. The molecule has 0 spiro atoms. The topological polar surface area (TPSA) is 51.2 Å². The third-order valence-corrected chi connectivity index (χ3v) is 2.41. The number of halogens is 2. The second-order valence-electron chi connectivity index (χ2n) is 4.08. The molecule has 0 saturated heterocycles. The van der Waals surface area contributed by atoms with E-state index in [1.165, 1.54) is 0 Å². The Morgan fingerprint density at radius 3 is 2.80 bits per heavy atom. The maximum atomic E-state index is 13.3. The van der Waals surface area contributed by atoms with Gasteiger partial charge in [-0.15, -0.1) is 0 Å². The van der Waals surface area contributed by atoms with Crippen molar-refractivity contribution in [1.82, 2.24) is 4.98 Å². The van der Waals surface area contributed by atoms with Gasteiger partial charge in [0, 0.05) is 11.8 Å². The zero-order chi connectivity index (χ0) is 14.5. The van der Waals surface area contributed by atoms with Crippen molar-refractivity contribution in [2.45, 2.75) is 6.92 Å². The number of hydrogen-bond donors (Lipinski definition) is 1. The monoisotopic (exact) mass is 278 g/mol. The molecule has 1 amide bonds. The van der Waals surface area contributed by atoms with Crippen LogP contribution in [0.4, 0.5) is 14.6 Å². The molecule has 104 valence electrons. The molecule has 6 heteroatoms. The van der Waals surface area contributed by atoms with E-state index in [2.05, 4.69) is 10.3 Å². The van der Waals surface area contributed by atoms with Gasteiger partial charge in [0.15, 0.2) is 18.2 Å². The Hall–Kier alpha value is -2.50. The molecular weight excluding hydrogens is 266 g/mol. The van der Waals surface area contributed by atoms with Gasteiger partial charge in [-0.25, -0.2) is 13.8 Å². The number of hydrogen-bond acceptors (Lipinski definition) is 3. The first-order chi connectivity index (χ1) is 9.54. The zero-order valence-electron chi connectivity index (χ0n) is 10.7. The van der Waals surface area contributed by atoms with E-state index in [0.717, 1.165) is 17.8 Å². The van der Waals surface area contributed by atoms with E-state index >= 15 is 0 Å². The minimum Gasteiger partial charge on any atom is -0.481 e. The van der Waals surface area contributed by atoms with Crippen LogP contribution in [-0.2, 0) is 4.79 Å². The molecule has 0 fully saturated rings. The number of carbonyl (C=O) groups excluding carboxylic acids is 1. The summed E-state index contributed by atoms with van der Waals surface area (Å²) in [5, 5.41) is 2.51. The smallest absolute Gasteiger partial charge is 0.263 e. The van der Waals surface area contributed by atoms with Crippen LogP contribution in [0.25, 0.3) is 0 Å². The first-order valence-electron chi connectivity index (χ1n) is 5.86. The lowest BCUT2D eigenvalue weighted by atomic mass is 10.3. The molecule has 1 aromatic heterocycles. The fourth-order valence-corrected chi connectivity index (χ4v) is 1.53. The van der Waals surface area contributed by atoms with Gasteiger partial charge in [-0.3, -0.25) is 4.79 Å². The van der Waals surface area contributed by atoms with Gasteiger partial charge in [-0.1, -0.05) is 6.07 Å². The second-order valence-corrected chi connectivity index (χ2v) is 4.08. The van der Waals surface area contributed by atoms with Gasteiger partial charge in [-0.05, 0) is 31.2 Å². The number of rotatable bonds is 4. The first-order valence-corrected chi connectivity index (χ1v) is 5.86. The van der Waals surface area contributed by atoms with Gasteiger partial charge in [0.25, 0.3) is 5.91 Å². The normalized spacial score (nSPS) is 10.2. The van der Waals surface area contributed by atoms with Crippen molar-refractivity contribution in [3.05, 3.63) is 53.7 Å². The highest BCUT2D eigenvalue weighted by Crippen LogP contribution is 2.17. The minimum atomic E-state index is -0.855. The highest BCUT2D eigenvalue weighted by atomic mass is 19.1. The molecule has 0 radical (unpaired) electrons. The number of ether oxygens (including phenoxy) is 1. The molecule has 1 heterocycles. The summed E-state index contributed by atoms with van der Waals surface area (Å²) in [6.07, 6.45) is 0. The molecule has 0 bridgehead atoms. The summed E-state index contributed by atoms with van der Waals surface area (Å²) < 4.78 is 30.9. The Kier molecular flexibility index (Phi) is 4.24. The second kappa shape index (κ2) is 6.10. The van der Waals surface area contributed by atoms with Gasteiger partial charge < -0.3 is 10.1 Å². The fraction of sp³-hybridized carbons (Fsp3) is 0.143. The molecule has 0 unspecified atom stereocenters. The Morgan fingerprint density at radius 1 is 1.30 bits per heavy atom. The van der Waals surface area contributed by atoms with Gasteiger partial charge in [0.2, 0.25) is 0 Å². The molecule has 1 N–H and O–H groups in total. The van der Waals surface area contributed by atoms with Crippen LogP contribution < -0.4 is 10.1 Å². The van der Waals surface area contributed by atoms with Crippen molar-refractivity contribution in [1.29, 1.82) is 0 Å². The van der Waals surface area contributed by atoms with E-state index in [1.807, 2.05) is 0 Å². The maximum absolute atomic E-state index is 13.3. The molecule has 0 aliphatic heterocycles. The lowest BCUT2D eigenvalue weighted by Gasteiger charge is -2.08. The predicted molar refractivity (Wildman–Crippen MR) is 69.5 cm³/mol. The summed E-state index contributed by atoms with van der Waals surface area (Å²) in [6.45, 7) is 1.40. The third-order valence-electron chi connectivity index (χ3n) is 2.41. The summed E-state index contributed by atoms with van der Waals surface area (Å²) in [5.41, 5.74) is 0.758. The predicted octanol–water partition coefficient (Wildman–Crippen LogP) is 2.69. The molecule has 2 rings (SSSR count). The highest BCUT2D eigenvalue weighted by Gasteiger charge is 2.08. The molecule has 4 nitrogen and oxygen atoms in total. The Balaban J connectivity index is 1.92. The van der Waals surface area contributed by atoms with E-state index in [4.69, 9.17) is 4.74 Å². The van der Waals surface area contributed by atoms with Crippen LogP contribution in [0.1, 0.15) is 5.69 Å². The number of aromatic nitrogens is 1. The van der Waals surface area contributed by atoms with Crippen LogP contribution in [0.2, 0.25) is 0 Å². The Labute approximate surface area is 114 Å². The molecule has 0 aliphatic rings. The zero-order valence-corrected chi connectivity index (χ0v) is 10.7. The number of nitrogens with zero attached hydrogens (tertiary/aromatic N) is 1. The van der Waals surface area contributed by atoms with E-state index in [0.29, 0.717) is 11.9 Å². The number of nitrogens with one attached hydrogen (secondary N) is 1. The maximum Gasteiger partial charge on any atom is 0.263 e. The summed E-state index contributed by atoms with van der Waals surface area (Å²) >= 11 is 0. The molecule has 1 aromatic carbocycles. The number of amides is 1. The van der Waals surface area contributed by atoms with Crippen molar-refractivity contribution in [2.75, 3.05) is 11.9 Å². The van der Waals surface area contributed by atoms with E-state index in [-0.39, 0.29) is 5.75 Å². The molecule has 0 aliphatic carbocycles. The van der Waals surface area contributed by atoms with Crippen LogP contribution >= 0.6 is 0 Å². The highest BCUT2D eigenvalue weighted by molar-refractivity contribution is 5.90. The first kappa shape index (κ1) is 13.9. The molecule has 2 aromatic rings. The lowest BCUT2D eigenvalue weighted by molar-refractivity contribution is -0.118. The third kappa shape index (κ3) is 3.74. The van der Waals surface area contributed by atoms with E-state index in [9.17, 15) is 13.6 Å². The SMILES string of the molecule is Cc1cccc(NC(=O)COc2ccc(F)cc2F)n1. The van der Waals surface area contributed by atoms with Crippen LogP contribution in [0, 0.1) is 18.6 Å². The van der Waals surface area contributed by atoms with Crippen molar-refractivity contribution in [3.8, 4) is 5.75 Å². The standard InChI is InChI=1S/C14H12F2N2O2/c1-9-3-2-4-13(17-9)18-14(19)8-20-12-6-5-10(15)7-11(12)16/h2-7H,8H2,1H3,(H,17,18,19). The van der Waals surface area contributed by atoms with Crippen molar-refractivity contribution in [3.63, 3.8) is 0 Å². The number of anilines is 1. The molecule has 20 heavy (non-hydrogen) atoms. The van der Waals surface area contributed by atoms with Crippen LogP contribution in [0.5, 0.6) is 5.75 Å². The molecule has 0 saturated carbocycles. The van der Waals surface area contributed by atoms with Crippen molar-refractivity contribution >= 4 is 11.7 Å². The van der Waals surface area contributed by atoms with Crippen LogP contribution in [0.3, 0.4) is 0 Å². The number of pyridine rings is 1. The average Bonchev–Trinajstić information content (AvgIpc) is 2.37. The van der Waals surface area contributed by atoms with E-state index < -0.39 is 24.1 Å². The fourth-order valence-electron chi connectivity index (χ4n) is 1.53. The number of carbonyl (C=O) groups is 1. The molecule has 0 atom stereocenters. The number of aryl methyl sites for hydroxylation is 1. The quantitative estimate of drug-likeness (QED) is 0.935. The van der Waals surface area contributed by atoms with Crippen molar-refractivity contribution in [2.24, 2.45) is 0 Å². The number of benzene rings is 1. The van der Waals surface area contributed by atoms with Gasteiger partial charge >= 0.3 is 0 Å². The summed E-state index contributed by atoms with van der Waals surface area (Å²) in [4.78, 5) is 15.7. The van der Waals surface area contributed by atoms with Crippen LogP contribution in [-0.4, -0.2) is 17.5 Å². The van der Waals surface area contributed by atoms with Gasteiger partial charge in [0.05, 0.1) is 0 Å². The van der Waals surface area contributed by atoms with Crippen LogP contribution in [0.15, 0.2) is 36.4 Å². The lowest BCUT2D eigenvalue weighted by Crippen LogP contribution is -2.21. The van der Waals surface area contributed by atoms with Gasteiger partial charge in [-0.2, -0.15) is 0 Å². The largest absolute Gasteiger partial charge is 0.481 e. The van der Waals surface area contributed by atoms with E-state index in [1.54, 1.807) is 25.1 Å². The summed E-state index contributed by atoms with van der Waals surface area (Å²) in [6, 6.07) is 8.04. The minimum absolute atomic E-state index is 0.182. The average molecular weight is 278 g/mol. The Morgan fingerprint density at radius 2 is 2.10 bits per heavy atom. The summed E-state index contributed by atoms with van der Waals surface area (Å²) in [5.74, 6) is -1.83.